The number of benzene rings is 2. The Morgan fingerprint density at radius 2 is 1.49 bits per heavy atom. The van der Waals surface area contributed by atoms with Crippen molar-refractivity contribution >= 4 is 11.8 Å². The van der Waals surface area contributed by atoms with Crippen molar-refractivity contribution < 1.29 is 45.3 Å². The molecule has 0 saturated carbocycles. The second-order valence-electron chi connectivity index (χ2n) is 8.10. The van der Waals surface area contributed by atoms with Gasteiger partial charge in [0.2, 0.25) is 0 Å². The smallest absolute Gasteiger partial charge is 0.416 e. The van der Waals surface area contributed by atoms with Gasteiger partial charge in [-0.25, -0.2) is 4.79 Å². The van der Waals surface area contributed by atoms with Crippen molar-refractivity contribution in [3.8, 4) is 11.5 Å². The van der Waals surface area contributed by atoms with Gasteiger partial charge in [0.1, 0.15) is 0 Å². The van der Waals surface area contributed by atoms with Gasteiger partial charge in [0.15, 0.2) is 11.5 Å². The second-order valence-corrected chi connectivity index (χ2v) is 8.10. The van der Waals surface area contributed by atoms with Crippen LogP contribution < -0.4 is 14.8 Å². The lowest BCUT2D eigenvalue weighted by Gasteiger charge is -2.38. The number of carbonyl (C=O) groups excluding carboxylic acids is 1. The number of halogens is 6. The maximum absolute atomic E-state index is 13.3. The summed E-state index contributed by atoms with van der Waals surface area (Å²) in [6.07, 6.45) is -10.6. The zero-order valence-electron chi connectivity index (χ0n) is 19.3. The number of alkyl halides is 6. The maximum Gasteiger partial charge on any atom is 0.416 e. The maximum atomic E-state index is 13.3. The topological polar surface area (TPSA) is 60.0 Å². The fourth-order valence-electron chi connectivity index (χ4n) is 4.10. The zero-order valence-corrected chi connectivity index (χ0v) is 19.3. The Morgan fingerprint density at radius 3 is 1.97 bits per heavy atom. The molecule has 1 amide bonds. The summed E-state index contributed by atoms with van der Waals surface area (Å²) in [5, 5.41) is 3.24. The van der Waals surface area contributed by atoms with Crippen LogP contribution in [0.3, 0.4) is 0 Å². The number of anilines is 1. The SMILES string of the molecule is COC(=O)N(Cc1cc(C(F)(F)F)cc(C(F)(F)F)c1)[C@H]1C[C@@H](C)Nc2cc(OC)c(OC)cc21. The molecule has 0 saturated heterocycles. The standard InChI is InChI=1S/C23H24F6N2O4/c1-12-5-18(16-9-19(33-2)20(34-3)10-17(16)30-12)31(21(32)35-4)11-13-6-14(22(24,25)26)8-15(7-13)23(27,28)29/h6-10,12,18,30H,5,11H2,1-4H3/t12-,18+/m1/s1. The summed E-state index contributed by atoms with van der Waals surface area (Å²) in [5.41, 5.74) is -2.13. The van der Waals surface area contributed by atoms with Crippen LogP contribution in [0.1, 0.15) is 41.6 Å². The summed E-state index contributed by atoms with van der Waals surface area (Å²) in [6, 6.07) is 3.59. The number of carbonyl (C=O) groups is 1. The normalized spacial score (nSPS) is 17.8. The third-order valence-corrected chi connectivity index (χ3v) is 5.68. The molecule has 1 aliphatic heterocycles. The van der Waals surface area contributed by atoms with E-state index in [1.165, 1.54) is 14.2 Å². The summed E-state index contributed by atoms with van der Waals surface area (Å²) in [5.74, 6) is 0.750. The minimum atomic E-state index is -5.01. The number of rotatable bonds is 5. The molecular weight excluding hydrogens is 482 g/mol. The van der Waals surface area contributed by atoms with Crippen molar-refractivity contribution in [2.24, 2.45) is 0 Å². The van der Waals surface area contributed by atoms with Crippen LogP contribution in [0, 0.1) is 0 Å². The molecule has 0 radical (unpaired) electrons. The van der Waals surface area contributed by atoms with Gasteiger partial charge in [0, 0.05) is 29.9 Å². The highest BCUT2D eigenvalue weighted by atomic mass is 19.4. The van der Waals surface area contributed by atoms with Crippen LogP contribution in [0.15, 0.2) is 30.3 Å². The van der Waals surface area contributed by atoms with E-state index in [0.717, 1.165) is 12.0 Å². The van der Waals surface area contributed by atoms with Crippen molar-refractivity contribution in [3.63, 3.8) is 0 Å². The molecule has 192 valence electrons. The molecule has 0 unspecified atom stereocenters. The summed E-state index contributed by atoms with van der Waals surface area (Å²) in [7, 11) is 3.95. The third-order valence-electron chi connectivity index (χ3n) is 5.68. The Morgan fingerprint density at radius 1 is 0.943 bits per heavy atom. The molecule has 1 heterocycles. The highest BCUT2D eigenvalue weighted by Gasteiger charge is 2.38. The first-order valence-corrected chi connectivity index (χ1v) is 10.4. The molecule has 0 aliphatic carbocycles. The van der Waals surface area contributed by atoms with Crippen LogP contribution in [-0.2, 0) is 23.6 Å². The quantitative estimate of drug-likeness (QED) is 0.486. The minimum absolute atomic E-state index is 0.0467. The predicted molar refractivity (Wildman–Crippen MR) is 114 cm³/mol. The lowest BCUT2D eigenvalue weighted by atomic mass is 9.91. The first kappa shape index (κ1) is 26.3. The van der Waals surface area contributed by atoms with Crippen LogP contribution >= 0.6 is 0 Å². The zero-order chi connectivity index (χ0) is 26.1. The average Bonchev–Trinajstić information content (AvgIpc) is 2.79. The molecule has 0 fully saturated rings. The predicted octanol–water partition coefficient (Wildman–Crippen LogP) is 6.26. The van der Waals surface area contributed by atoms with E-state index in [2.05, 4.69) is 5.32 Å². The number of hydrogen-bond acceptors (Lipinski definition) is 5. The molecule has 1 N–H and O–H groups in total. The summed E-state index contributed by atoms with van der Waals surface area (Å²) in [6.45, 7) is 1.28. The molecular formula is C23H24F6N2O4. The summed E-state index contributed by atoms with van der Waals surface area (Å²) in [4.78, 5) is 13.9. The largest absolute Gasteiger partial charge is 0.493 e. The van der Waals surface area contributed by atoms with Gasteiger partial charge < -0.3 is 19.5 Å². The minimum Gasteiger partial charge on any atom is -0.493 e. The van der Waals surface area contributed by atoms with E-state index in [-0.39, 0.29) is 17.7 Å². The van der Waals surface area contributed by atoms with E-state index in [9.17, 15) is 31.1 Å². The third kappa shape index (κ3) is 5.68. The van der Waals surface area contributed by atoms with Crippen molar-refractivity contribution in [1.29, 1.82) is 0 Å². The molecule has 1 aliphatic rings. The van der Waals surface area contributed by atoms with Crippen LogP contribution in [0.5, 0.6) is 11.5 Å². The molecule has 6 nitrogen and oxygen atoms in total. The van der Waals surface area contributed by atoms with Crippen molar-refractivity contribution in [1.82, 2.24) is 4.90 Å². The van der Waals surface area contributed by atoms with Crippen molar-refractivity contribution in [2.75, 3.05) is 26.6 Å². The summed E-state index contributed by atoms with van der Waals surface area (Å²) >= 11 is 0. The summed E-state index contributed by atoms with van der Waals surface area (Å²) < 4.78 is 95.6. The number of fused-ring (bicyclic) bond motifs is 1. The van der Waals surface area contributed by atoms with Crippen LogP contribution in [-0.4, -0.2) is 38.4 Å². The first-order valence-electron chi connectivity index (χ1n) is 10.4. The fraction of sp³-hybridized carbons (Fsp3) is 0.435. The number of ether oxygens (including phenoxy) is 3. The average molecular weight is 506 g/mol. The number of amides is 1. The Balaban J connectivity index is 2.12. The number of nitrogens with one attached hydrogen (secondary N) is 1. The Hall–Kier alpha value is -3.31. The molecule has 2 aromatic carbocycles. The van der Waals surface area contributed by atoms with Crippen LogP contribution in [0.2, 0.25) is 0 Å². The Labute approximate surface area is 197 Å². The van der Waals surface area contributed by atoms with E-state index in [4.69, 9.17) is 14.2 Å². The van der Waals surface area contributed by atoms with Gasteiger partial charge in [-0.15, -0.1) is 0 Å². The van der Waals surface area contributed by atoms with Gasteiger partial charge >= 0.3 is 18.4 Å². The van der Waals surface area contributed by atoms with Crippen molar-refractivity contribution in [3.05, 3.63) is 52.6 Å². The first-order chi connectivity index (χ1) is 16.3. The van der Waals surface area contributed by atoms with Crippen molar-refractivity contribution in [2.45, 2.75) is 44.3 Å². The highest BCUT2D eigenvalue weighted by Crippen LogP contribution is 2.44. The fourth-order valence-corrected chi connectivity index (χ4v) is 4.10. The lowest BCUT2D eigenvalue weighted by Crippen LogP contribution is -2.40. The molecule has 35 heavy (non-hydrogen) atoms. The molecule has 2 aromatic rings. The van der Waals surface area contributed by atoms with E-state index < -0.39 is 42.2 Å². The Bertz CT molecular complexity index is 1050. The van der Waals surface area contributed by atoms with Gasteiger partial charge in [-0.1, -0.05) is 0 Å². The van der Waals surface area contributed by atoms with E-state index in [1.54, 1.807) is 12.1 Å². The van der Waals surface area contributed by atoms with Gasteiger partial charge in [0.05, 0.1) is 38.5 Å². The number of methoxy groups -OCH3 is 3. The monoisotopic (exact) mass is 506 g/mol. The number of nitrogens with zero attached hydrogens (tertiary/aromatic N) is 1. The molecule has 0 spiro atoms. The lowest BCUT2D eigenvalue weighted by molar-refractivity contribution is -0.143. The van der Waals surface area contributed by atoms with E-state index >= 15 is 0 Å². The van der Waals surface area contributed by atoms with Crippen LogP contribution in [0.25, 0.3) is 0 Å². The molecule has 2 atom stereocenters. The van der Waals surface area contributed by atoms with Gasteiger partial charge in [-0.3, -0.25) is 4.90 Å². The molecule has 0 bridgehead atoms. The molecule has 3 rings (SSSR count). The second kappa shape index (κ2) is 9.74. The Kier molecular flexibility index (Phi) is 7.32. The van der Waals surface area contributed by atoms with Gasteiger partial charge in [0.25, 0.3) is 0 Å². The van der Waals surface area contributed by atoms with Gasteiger partial charge in [-0.2, -0.15) is 26.3 Å². The van der Waals surface area contributed by atoms with E-state index in [1.807, 2.05) is 6.92 Å². The molecule has 12 heteroatoms. The van der Waals surface area contributed by atoms with Gasteiger partial charge in [-0.05, 0) is 43.2 Å². The van der Waals surface area contributed by atoms with Crippen LogP contribution in [0.4, 0.5) is 36.8 Å². The van der Waals surface area contributed by atoms with E-state index in [0.29, 0.717) is 41.3 Å². The number of hydrogen-bond donors (Lipinski definition) is 1. The highest BCUT2D eigenvalue weighted by molar-refractivity contribution is 5.71. The molecule has 0 aromatic heterocycles.